The third-order valence-electron chi connectivity index (χ3n) is 4.21. The van der Waals surface area contributed by atoms with Gasteiger partial charge in [-0.15, -0.1) is 0 Å². The molecule has 0 spiro atoms. The number of amides is 1. The van der Waals surface area contributed by atoms with Crippen LogP contribution in [0.2, 0.25) is 0 Å². The van der Waals surface area contributed by atoms with Gasteiger partial charge in [-0.05, 0) is 57.4 Å². The van der Waals surface area contributed by atoms with Gasteiger partial charge in [0.1, 0.15) is 0 Å². The molecule has 1 heterocycles. The first-order chi connectivity index (χ1) is 10.1. The Labute approximate surface area is 132 Å². The van der Waals surface area contributed by atoms with E-state index in [-0.39, 0.29) is 16.8 Å². The van der Waals surface area contributed by atoms with Crippen LogP contribution in [-0.2, 0) is 21.2 Å². The van der Waals surface area contributed by atoms with E-state index in [1.54, 1.807) is 23.1 Å². The lowest BCUT2D eigenvalue weighted by Crippen LogP contribution is -2.42. The number of nitrogens with one attached hydrogen (secondary N) is 1. The molecule has 0 aromatic heterocycles. The summed E-state index contributed by atoms with van der Waals surface area (Å²) in [5.74, 6) is -0.0212. The molecule has 0 saturated heterocycles. The third kappa shape index (κ3) is 3.17. The summed E-state index contributed by atoms with van der Waals surface area (Å²) in [5, 5.41) is 0. The molecule has 5 nitrogen and oxygen atoms in total. The molecule has 1 unspecified atom stereocenters. The highest BCUT2D eigenvalue weighted by Crippen LogP contribution is 2.34. The van der Waals surface area contributed by atoms with Gasteiger partial charge in [-0.3, -0.25) is 4.79 Å². The lowest BCUT2D eigenvalue weighted by molar-refractivity contribution is -0.116. The molecule has 1 amide bonds. The fourth-order valence-electron chi connectivity index (χ4n) is 2.75. The molecule has 122 valence electrons. The number of fused-ring (bicyclic) bond motifs is 1. The van der Waals surface area contributed by atoms with Crippen molar-refractivity contribution in [3.05, 3.63) is 23.8 Å². The Bertz CT molecular complexity index is 695. The minimum absolute atomic E-state index is 0.0212. The molecule has 1 aliphatic heterocycles. The van der Waals surface area contributed by atoms with Crippen molar-refractivity contribution in [2.75, 3.05) is 4.90 Å². The van der Waals surface area contributed by atoms with Crippen molar-refractivity contribution < 1.29 is 13.2 Å². The predicted molar refractivity (Wildman–Crippen MR) is 87.5 cm³/mol. The van der Waals surface area contributed by atoms with Crippen LogP contribution in [0.25, 0.3) is 0 Å². The Balaban J connectivity index is 2.38. The summed E-state index contributed by atoms with van der Waals surface area (Å²) in [6.45, 7) is 9.15. The van der Waals surface area contributed by atoms with Crippen molar-refractivity contribution in [2.24, 2.45) is 0 Å². The van der Waals surface area contributed by atoms with Gasteiger partial charge >= 0.3 is 0 Å². The number of rotatable bonds is 4. The van der Waals surface area contributed by atoms with Crippen LogP contribution in [0.3, 0.4) is 0 Å². The second kappa shape index (κ2) is 5.66. The molecule has 0 fully saturated rings. The molecule has 1 aromatic rings. The molecule has 1 N–H and O–H groups in total. The SMILES string of the molecule is CCC(C)(C)NS(=O)(=O)c1ccc2c(c1)CC(C)N2C(C)=O. The van der Waals surface area contributed by atoms with Crippen molar-refractivity contribution in [1.29, 1.82) is 0 Å². The number of benzene rings is 1. The average Bonchev–Trinajstić information content (AvgIpc) is 2.72. The van der Waals surface area contributed by atoms with Crippen LogP contribution >= 0.6 is 0 Å². The van der Waals surface area contributed by atoms with Crippen LogP contribution < -0.4 is 9.62 Å². The summed E-state index contributed by atoms with van der Waals surface area (Å²) in [6.07, 6.45) is 1.38. The summed E-state index contributed by atoms with van der Waals surface area (Å²) in [4.78, 5) is 13.7. The number of sulfonamides is 1. The molecule has 0 bridgehead atoms. The van der Waals surface area contributed by atoms with E-state index in [4.69, 9.17) is 0 Å². The second-order valence-electron chi connectivity index (χ2n) is 6.58. The molecule has 2 rings (SSSR count). The van der Waals surface area contributed by atoms with Crippen molar-refractivity contribution >= 4 is 21.6 Å². The maximum Gasteiger partial charge on any atom is 0.241 e. The molecule has 22 heavy (non-hydrogen) atoms. The van der Waals surface area contributed by atoms with Gasteiger partial charge in [0, 0.05) is 24.2 Å². The Morgan fingerprint density at radius 2 is 2.05 bits per heavy atom. The maximum absolute atomic E-state index is 12.5. The van der Waals surface area contributed by atoms with Gasteiger partial charge in [0.15, 0.2) is 0 Å². The summed E-state index contributed by atoms with van der Waals surface area (Å²) >= 11 is 0. The number of nitrogens with zero attached hydrogens (tertiary/aromatic N) is 1. The van der Waals surface area contributed by atoms with Crippen LogP contribution in [0, 0.1) is 0 Å². The van der Waals surface area contributed by atoms with Crippen molar-refractivity contribution in [3.63, 3.8) is 0 Å². The Morgan fingerprint density at radius 3 is 2.59 bits per heavy atom. The van der Waals surface area contributed by atoms with Gasteiger partial charge < -0.3 is 4.90 Å². The molecule has 1 aliphatic rings. The summed E-state index contributed by atoms with van der Waals surface area (Å²) < 4.78 is 27.8. The normalized spacial score (nSPS) is 18.4. The Kier molecular flexibility index (Phi) is 4.37. The minimum atomic E-state index is -3.56. The van der Waals surface area contributed by atoms with Crippen LogP contribution in [-0.4, -0.2) is 25.9 Å². The third-order valence-corrected chi connectivity index (χ3v) is 5.91. The monoisotopic (exact) mass is 324 g/mol. The number of carbonyl (C=O) groups is 1. The highest BCUT2D eigenvalue weighted by atomic mass is 32.2. The predicted octanol–water partition coefficient (Wildman–Crippen LogP) is 2.45. The quantitative estimate of drug-likeness (QED) is 0.925. The van der Waals surface area contributed by atoms with Crippen molar-refractivity contribution in [2.45, 2.75) is 63.9 Å². The van der Waals surface area contributed by atoms with Crippen molar-refractivity contribution in [1.82, 2.24) is 4.72 Å². The van der Waals surface area contributed by atoms with Gasteiger partial charge in [-0.2, -0.15) is 0 Å². The van der Waals surface area contributed by atoms with E-state index >= 15 is 0 Å². The summed E-state index contributed by atoms with van der Waals surface area (Å²) in [7, 11) is -3.56. The molecule has 6 heteroatoms. The number of carbonyl (C=O) groups excluding carboxylic acids is 1. The molecule has 0 radical (unpaired) electrons. The van der Waals surface area contributed by atoms with Crippen molar-refractivity contribution in [3.8, 4) is 0 Å². The summed E-state index contributed by atoms with van der Waals surface area (Å²) in [6, 6.07) is 5.04. The Morgan fingerprint density at radius 1 is 1.41 bits per heavy atom. The first-order valence-corrected chi connectivity index (χ1v) is 9.02. The van der Waals surface area contributed by atoms with Gasteiger partial charge in [0.05, 0.1) is 4.90 Å². The fraction of sp³-hybridized carbons (Fsp3) is 0.562. The van der Waals surface area contributed by atoms with Gasteiger partial charge in [-0.1, -0.05) is 6.92 Å². The molecule has 0 aliphatic carbocycles. The lowest BCUT2D eigenvalue weighted by Gasteiger charge is -2.24. The number of hydrogen-bond donors (Lipinski definition) is 1. The average molecular weight is 324 g/mol. The number of anilines is 1. The number of hydrogen-bond acceptors (Lipinski definition) is 3. The van der Waals surface area contributed by atoms with E-state index in [0.29, 0.717) is 12.8 Å². The van der Waals surface area contributed by atoms with E-state index in [0.717, 1.165) is 11.3 Å². The standard InChI is InChI=1S/C16H24N2O3S/c1-6-16(4,5)17-22(20,21)14-7-8-15-13(10-14)9-11(2)18(15)12(3)19/h7-8,10-11,17H,6,9H2,1-5H3. The van der Waals surface area contributed by atoms with Gasteiger partial charge in [0.25, 0.3) is 0 Å². The zero-order valence-corrected chi connectivity index (χ0v) is 14.6. The van der Waals surface area contributed by atoms with Crippen LogP contribution in [0.5, 0.6) is 0 Å². The highest BCUT2D eigenvalue weighted by Gasteiger charge is 2.31. The molecular formula is C16H24N2O3S. The first-order valence-electron chi connectivity index (χ1n) is 7.54. The van der Waals surface area contributed by atoms with E-state index in [1.807, 2.05) is 27.7 Å². The first kappa shape index (κ1) is 17.0. The lowest BCUT2D eigenvalue weighted by atomic mass is 10.0. The summed E-state index contributed by atoms with van der Waals surface area (Å²) in [5.41, 5.74) is 1.23. The van der Waals surface area contributed by atoms with E-state index in [1.165, 1.54) is 6.92 Å². The second-order valence-corrected chi connectivity index (χ2v) is 8.26. The molecular weight excluding hydrogens is 300 g/mol. The minimum Gasteiger partial charge on any atom is -0.309 e. The van der Waals surface area contributed by atoms with E-state index in [2.05, 4.69) is 4.72 Å². The van der Waals surface area contributed by atoms with E-state index in [9.17, 15) is 13.2 Å². The van der Waals surface area contributed by atoms with Crippen LogP contribution in [0.15, 0.2) is 23.1 Å². The topological polar surface area (TPSA) is 66.5 Å². The van der Waals surface area contributed by atoms with E-state index < -0.39 is 15.6 Å². The smallest absolute Gasteiger partial charge is 0.241 e. The highest BCUT2D eigenvalue weighted by molar-refractivity contribution is 7.89. The molecule has 0 saturated carbocycles. The van der Waals surface area contributed by atoms with Gasteiger partial charge in [-0.25, -0.2) is 13.1 Å². The largest absolute Gasteiger partial charge is 0.309 e. The zero-order valence-electron chi connectivity index (χ0n) is 13.8. The molecule has 1 atom stereocenters. The Hall–Kier alpha value is -1.40. The maximum atomic E-state index is 12.5. The van der Waals surface area contributed by atoms with Crippen LogP contribution in [0.4, 0.5) is 5.69 Å². The zero-order chi connectivity index (χ0) is 16.7. The van der Waals surface area contributed by atoms with Crippen LogP contribution in [0.1, 0.15) is 46.6 Å². The fourth-order valence-corrected chi connectivity index (χ4v) is 4.28. The molecule has 1 aromatic carbocycles. The van der Waals surface area contributed by atoms with Gasteiger partial charge in [0.2, 0.25) is 15.9 Å².